The van der Waals surface area contributed by atoms with Gasteiger partial charge in [-0.25, -0.2) is 0 Å². The van der Waals surface area contributed by atoms with Gasteiger partial charge >= 0.3 is 0 Å². The zero-order valence-corrected chi connectivity index (χ0v) is 13.9. The van der Waals surface area contributed by atoms with Gasteiger partial charge in [-0.2, -0.15) is 0 Å². The molecule has 1 N–H and O–H groups in total. The molecule has 110 valence electrons. The van der Waals surface area contributed by atoms with E-state index in [9.17, 15) is 0 Å². The van der Waals surface area contributed by atoms with Crippen molar-refractivity contribution in [2.45, 2.75) is 31.7 Å². The number of hydrogen-bond acceptors (Lipinski definition) is 1. The summed E-state index contributed by atoms with van der Waals surface area (Å²) in [5.74, 6) is 0.524. The van der Waals surface area contributed by atoms with Gasteiger partial charge in [0.2, 0.25) is 0 Å². The largest absolute Gasteiger partial charge is 0.381 e. The second-order valence-electron chi connectivity index (χ2n) is 5.61. The minimum atomic E-state index is 0.419. The van der Waals surface area contributed by atoms with Gasteiger partial charge in [-0.1, -0.05) is 53.0 Å². The SMILES string of the molecule is Cc1cc(Cl)c(NC2CC(c3ccccc3Cl)C2)cc1Cl. The highest BCUT2D eigenvalue weighted by molar-refractivity contribution is 6.35. The standard InChI is InChI=1S/C17H16Cl3N/c1-10-6-16(20)17(9-15(10)19)21-12-7-11(8-12)13-4-2-3-5-14(13)18/h2-6,9,11-12,21H,7-8H2,1H3. The van der Waals surface area contributed by atoms with Crippen LogP contribution in [0.25, 0.3) is 0 Å². The molecule has 0 radical (unpaired) electrons. The predicted octanol–water partition coefficient (Wildman–Crippen LogP) is 6.31. The Labute approximate surface area is 140 Å². The Kier molecular flexibility index (Phi) is 4.35. The van der Waals surface area contributed by atoms with Crippen LogP contribution in [0.1, 0.15) is 29.9 Å². The maximum absolute atomic E-state index is 6.26. The number of benzene rings is 2. The highest BCUT2D eigenvalue weighted by Crippen LogP contribution is 2.42. The van der Waals surface area contributed by atoms with Gasteiger partial charge in [0.05, 0.1) is 10.7 Å². The van der Waals surface area contributed by atoms with Crippen LogP contribution in [0.3, 0.4) is 0 Å². The highest BCUT2D eigenvalue weighted by atomic mass is 35.5. The third-order valence-corrected chi connectivity index (χ3v) is 5.16. The third-order valence-electron chi connectivity index (χ3n) is 4.09. The number of aryl methyl sites for hydroxylation is 1. The fourth-order valence-corrected chi connectivity index (χ4v) is 3.50. The van der Waals surface area contributed by atoms with Crippen LogP contribution in [0, 0.1) is 6.92 Å². The van der Waals surface area contributed by atoms with Crippen molar-refractivity contribution in [1.29, 1.82) is 0 Å². The van der Waals surface area contributed by atoms with Gasteiger partial charge in [0.1, 0.15) is 0 Å². The molecule has 0 bridgehead atoms. The Bertz CT molecular complexity index is 663. The van der Waals surface area contributed by atoms with Gasteiger partial charge in [0.25, 0.3) is 0 Å². The van der Waals surface area contributed by atoms with E-state index < -0.39 is 0 Å². The Balaban J connectivity index is 1.65. The fourth-order valence-electron chi connectivity index (χ4n) is 2.77. The molecule has 0 atom stereocenters. The first kappa shape index (κ1) is 15.0. The molecular weight excluding hydrogens is 325 g/mol. The molecule has 4 heteroatoms. The van der Waals surface area contributed by atoms with Crippen LogP contribution in [0.5, 0.6) is 0 Å². The summed E-state index contributed by atoms with van der Waals surface area (Å²) in [5.41, 5.74) is 3.15. The molecule has 2 aromatic carbocycles. The maximum Gasteiger partial charge on any atom is 0.0641 e. The van der Waals surface area contributed by atoms with Crippen molar-refractivity contribution < 1.29 is 0 Å². The van der Waals surface area contributed by atoms with Crippen molar-refractivity contribution in [2.75, 3.05) is 5.32 Å². The number of nitrogens with one attached hydrogen (secondary N) is 1. The van der Waals surface area contributed by atoms with Gasteiger partial charge in [0.15, 0.2) is 0 Å². The normalized spacial score (nSPS) is 21.0. The lowest BCUT2D eigenvalue weighted by atomic mass is 9.76. The predicted molar refractivity (Wildman–Crippen MR) is 92.0 cm³/mol. The molecular formula is C17H16Cl3N. The van der Waals surface area contributed by atoms with E-state index in [1.54, 1.807) is 0 Å². The fraction of sp³-hybridized carbons (Fsp3) is 0.294. The van der Waals surface area contributed by atoms with E-state index in [0.29, 0.717) is 12.0 Å². The molecule has 2 aromatic rings. The summed E-state index contributed by atoms with van der Waals surface area (Å²) >= 11 is 18.7. The summed E-state index contributed by atoms with van der Waals surface area (Å²) in [7, 11) is 0. The van der Waals surface area contributed by atoms with E-state index >= 15 is 0 Å². The Morgan fingerprint density at radius 3 is 2.38 bits per heavy atom. The monoisotopic (exact) mass is 339 g/mol. The van der Waals surface area contributed by atoms with Crippen molar-refractivity contribution in [3.8, 4) is 0 Å². The van der Waals surface area contributed by atoms with E-state index in [1.165, 1.54) is 5.56 Å². The second kappa shape index (κ2) is 6.08. The summed E-state index contributed by atoms with van der Waals surface area (Å²) in [5, 5.41) is 5.79. The highest BCUT2D eigenvalue weighted by Gasteiger charge is 2.31. The molecule has 1 saturated carbocycles. The van der Waals surface area contributed by atoms with Crippen LogP contribution < -0.4 is 5.32 Å². The molecule has 21 heavy (non-hydrogen) atoms. The van der Waals surface area contributed by atoms with Gasteiger partial charge in [-0.15, -0.1) is 0 Å². The minimum Gasteiger partial charge on any atom is -0.381 e. The molecule has 0 heterocycles. The molecule has 0 amide bonds. The molecule has 1 aliphatic rings. The number of halogens is 3. The van der Waals surface area contributed by atoms with Crippen molar-refractivity contribution >= 4 is 40.5 Å². The van der Waals surface area contributed by atoms with E-state index in [-0.39, 0.29) is 0 Å². The van der Waals surface area contributed by atoms with E-state index in [0.717, 1.165) is 39.2 Å². The first-order valence-corrected chi connectivity index (χ1v) is 8.14. The summed E-state index contributed by atoms with van der Waals surface area (Å²) < 4.78 is 0. The maximum atomic E-state index is 6.26. The number of hydrogen-bond donors (Lipinski definition) is 1. The van der Waals surface area contributed by atoms with E-state index in [2.05, 4.69) is 11.4 Å². The molecule has 1 nitrogen and oxygen atoms in total. The zero-order valence-electron chi connectivity index (χ0n) is 11.7. The molecule has 1 aliphatic carbocycles. The van der Waals surface area contributed by atoms with Gasteiger partial charge in [-0.05, 0) is 55.0 Å². The average molecular weight is 341 g/mol. The Morgan fingerprint density at radius 1 is 0.952 bits per heavy atom. The first-order valence-electron chi connectivity index (χ1n) is 7.01. The van der Waals surface area contributed by atoms with Crippen molar-refractivity contribution in [2.24, 2.45) is 0 Å². The van der Waals surface area contributed by atoms with Crippen LogP contribution >= 0.6 is 34.8 Å². The third kappa shape index (κ3) is 3.15. The lowest BCUT2D eigenvalue weighted by Crippen LogP contribution is -2.34. The van der Waals surface area contributed by atoms with Crippen LogP contribution in [-0.2, 0) is 0 Å². The molecule has 0 spiro atoms. The van der Waals surface area contributed by atoms with Gasteiger partial charge in [-0.3, -0.25) is 0 Å². The molecule has 1 fully saturated rings. The molecule has 0 saturated heterocycles. The van der Waals surface area contributed by atoms with Crippen LogP contribution in [0.15, 0.2) is 36.4 Å². The molecule has 0 unspecified atom stereocenters. The van der Waals surface area contributed by atoms with Crippen molar-refractivity contribution in [3.05, 3.63) is 62.6 Å². The second-order valence-corrected chi connectivity index (χ2v) is 6.83. The smallest absolute Gasteiger partial charge is 0.0641 e. The summed E-state index contributed by atoms with van der Waals surface area (Å²) in [6, 6.07) is 12.3. The number of anilines is 1. The van der Waals surface area contributed by atoms with Crippen molar-refractivity contribution in [3.63, 3.8) is 0 Å². The lowest BCUT2D eigenvalue weighted by Gasteiger charge is -2.37. The lowest BCUT2D eigenvalue weighted by molar-refractivity contribution is 0.374. The molecule has 3 rings (SSSR count). The molecule has 0 aliphatic heterocycles. The van der Waals surface area contributed by atoms with E-state index in [1.807, 2.05) is 37.3 Å². The summed E-state index contributed by atoms with van der Waals surface area (Å²) in [4.78, 5) is 0. The Hall–Kier alpha value is -0.890. The van der Waals surface area contributed by atoms with Crippen LogP contribution in [0.2, 0.25) is 15.1 Å². The summed E-state index contributed by atoms with van der Waals surface area (Å²) in [6.07, 6.45) is 2.12. The van der Waals surface area contributed by atoms with Crippen LogP contribution in [-0.4, -0.2) is 6.04 Å². The summed E-state index contributed by atoms with van der Waals surface area (Å²) in [6.45, 7) is 1.95. The van der Waals surface area contributed by atoms with Crippen molar-refractivity contribution in [1.82, 2.24) is 0 Å². The number of rotatable bonds is 3. The molecule has 0 aromatic heterocycles. The zero-order chi connectivity index (χ0) is 15.0. The quantitative estimate of drug-likeness (QED) is 0.690. The first-order chi connectivity index (χ1) is 10.0. The van der Waals surface area contributed by atoms with Crippen LogP contribution in [0.4, 0.5) is 5.69 Å². The average Bonchev–Trinajstić information content (AvgIpc) is 2.40. The minimum absolute atomic E-state index is 0.419. The van der Waals surface area contributed by atoms with E-state index in [4.69, 9.17) is 34.8 Å². The Morgan fingerprint density at radius 2 is 1.67 bits per heavy atom. The topological polar surface area (TPSA) is 12.0 Å². The van der Waals surface area contributed by atoms with Gasteiger partial charge in [0, 0.05) is 16.1 Å². The van der Waals surface area contributed by atoms with Gasteiger partial charge < -0.3 is 5.32 Å².